The van der Waals surface area contributed by atoms with Gasteiger partial charge in [0.1, 0.15) is 0 Å². The van der Waals surface area contributed by atoms with Gasteiger partial charge in [-0.15, -0.1) is 0 Å². The van der Waals surface area contributed by atoms with Gasteiger partial charge in [0.05, 0.1) is 0 Å². The quantitative estimate of drug-likeness (QED) is 0.489. The molecular formula is C23H26S. The Balaban J connectivity index is 2.16. The van der Waals surface area contributed by atoms with E-state index in [2.05, 4.69) is 112 Å². The maximum atomic E-state index is 2.41. The molecule has 0 amide bonds. The molecule has 0 aliphatic carbocycles. The highest BCUT2D eigenvalue weighted by atomic mass is 32.3. The van der Waals surface area contributed by atoms with E-state index >= 15 is 0 Å². The molecule has 0 aliphatic heterocycles. The molecule has 0 N–H and O–H groups in total. The third kappa shape index (κ3) is 3.14. The Morgan fingerprint density at radius 3 is 1.29 bits per heavy atom. The summed E-state index contributed by atoms with van der Waals surface area (Å²) >= 11 is 0. The minimum Gasteiger partial charge on any atom is -0.163 e. The van der Waals surface area contributed by atoms with Crippen LogP contribution in [0.4, 0.5) is 0 Å². The van der Waals surface area contributed by atoms with Crippen LogP contribution in [0.5, 0.6) is 0 Å². The third-order valence-corrected chi connectivity index (χ3v) is 8.27. The van der Waals surface area contributed by atoms with Crippen molar-refractivity contribution in [3.05, 3.63) is 90.5 Å². The highest BCUT2D eigenvalue weighted by Gasteiger charge is 2.26. The second kappa shape index (κ2) is 6.49. The van der Waals surface area contributed by atoms with Gasteiger partial charge in [0, 0.05) is 0 Å². The first-order valence-electron chi connectivity index (χ1n) is 8.41. The molecule has 0 saturated heterocycles. The van der Waals surface area contributed by atoms with Gasteiger partial charge >= 0.3 is 0 Å². The molecule has 1 heteroatoms. The van der Waals surface area contributed by atoms with Gasteiger partial charge in [0.25, 0.3) is 0 Å². The first kappa shape index (κ1) is 16.9. The zero-order chi connectivity index (χ0) is 17.2. The van der Waals surface area contributed by atoms with Crippen molar-refractivity contribution in [2.45, 2.75) is 40.9 Å². The molecule has 0 heterocycles. The van der Waals surface area contributed by atoms with Crippen LogP contribution in [0.3, 0.4) is 0 Å². The van der Waals surface area contributed by atoms with Gasteiger partial charge in [0.15, 0.2) is 0 Å². The van der Waals surface area contributed by atoms with Gasteiger partial charge < -0.3 is 0 Å². The molecule has 0 radical (unpaired) electrons. The Labute approximate surface area is 147 Å². The fourth-order valence-corrected chi connectivity index (χ4v) is 5.92. The van der Waals surface area contributed by atoms with Crippen LogP contribution < -0.4 is 0 Å². The summed E-state index contributed by atoms with van der Waals surface area (Å²) in [7, 11) is -1.24. The predicted octanol–water partition coefficient (Wildman–Crippen LogP) is 6.90. The van der Waals surface area contributed by atoms with E-state index in [0.29, 0.717) is 0 Å². The molecule has 3 aromatic rings. The summed E-state index contributed by atoms with van der Waals surface area (Å²) in [5.74, 6) is 0. The van der Waals surface area contributed by atoms with Gasteiger partial charge in [-0.1, -0.05) is 69.3 Å². The van der Waals surface area contributed by atoms with Crippen molar-refractivity contribution >= 4 is 10.0 Å². The van der Waals surface area contributed by atoms with Crippen molar-refractivity contribution in [2.75, 3.05) is 6.26 Å². The Hall–Kier alpha value is -1.99. The van der Waals surface area contributed by atoms with Crippen molar-refractivity contribution in [1.29, 1.82) is 0 Å². The van der Waals surface area contributed by atoms with Crippen LogP contribution in [0.2, 0.25) is 0 Å². The molecule has 0 aromatic heterocycles. The molecule has 24 heavy (non-hydrogen) atoms. The van der Waals surface area contributed by atoms with E-state index in [-0.39, 0.29) is 5.41 Å². The Bertz CT molecular complexity index is 741. The van der Waals surface area contributed by atoms with Crippen LogP contribution >= 0.6 is 10.0 Å². The fourth-order valence-electron chi connectivity index (χ4n) is 3.02. The van der Waals surface area contributed by atoms with Crippen LogP contribution in [0.25, 0.3) is 0 Å². The normalized spacial score (nSPS) is 12.8. The maximum absolute atomic E-state index is 2.41. The topological polar surface area (TPSA) is 0 Å². The Morgan fingerprint density at radius 1 is 0.542 bits per heavy atom. The van der Waals surface area contributed by atoms with Crippen LogP contribution in [-0.2, 0) is 5.41 Å². The summed E-state index contributed by atoms with van der Waals surface area (Å²) in [5.41, 5.74) is 1.57. The Morgan fingerprint density at radius 2 is 0.917 bits per heavy atom. The molecule has 0 unspecified atom stereocenters. The van der Waals surface area contributed by atoms with E-state index in [9.17, 15) is 0 Å². The lowest BCUT2D eigenvalue weighted by atomic mass is 9.87. The van der Waals surface area contributed by atoms with Crippen molar-refractivity contribution in [3.8, 4) is 0 Å². The van der Waals surface area contributed by atoms with Gasteiger partial charge in [-0.25, -0.2) is 0 Å². The second-order valence-corrected chi connectivity index (χ2v) is 10.6. The van der Waals surface area contributed by atoms with Gasteiger partial charge in [-0.2, -0.15) is 10.0 Å². The molecule has 0 fully saturated rings. The average molecular weight is 335 g/mol. The van der Waals surface area contributed by atoms with E-state index < -0.39 is 10.0 Å². The smallest absolute Gasteiger partial charge is 0.00210 e. The van der Waals surface area contributed by atoms with Crippen molar-refractivity contribution < 1.29 is 0 Å². The predicted molar refractivity (Wildman–Crippen MR) is 106 cm³/mol. The first-order valence-corrected chi connectivity index (χ1v) is 10.5. The van der Waals surface area contributed by atoms with E-state index in [1.54, 1.807) is 0 Å². The van der Waals surface area contributed by atoms with Gasteiger partial charge in [-0.05, 0) is 68.3 Å². The minimum absolute atomic E-state index is 0.184. The Kier molecular flexibility index (Phi) is 4.56. The van der Waals surface area contributed by atoms with E-state index in [0.717, 1.165) is 0 Å². The number of rotatable bonds is 3. The molecule has 0 atom stereocenters. The van der Waals surface area contributed by atoms with Gasteiger partial charge in [0.2, 0.25) is 0 Å². The number of hydrogen-bond acceptors (Lipinski definition) is 0. The molecule has 0 spiro atoms. The maximum Gasteiger partial charge on any atom is -0.00210 e. The standard InChI is InChI=1S/C23H26S/c1-23(2,3)19-15-17-22(18-16-19)24(4,20-11-7-5-8-12-20)21-13-9-6-10-14-21/h5-18H,1-4H3. The molecule has 3 aromatic carbocycles. The lowest BCUT2D eigenvalue weighted by Gasteiger charge is -2.38. The molecule has 0 saturated carbocycles. The van der Waals surface area contributed by atoms with Crippen LogP contribution in [0.15, 0.2) is 99.6 Å². The van der Waals surface area contributed by atoms with Crippen LogP contribution in [0.1, 0.15) is 26.3 Å². The summed E-state index contributed by atoms with van der Waals surface area (Å²) in [5, 5.41) is 0. The van der Waals surface area contributed by atoms with Crippen LogP contribution in [-0.4, -0.2) is 6.26 Å². The number of hydrogen-bond donors (Lipinski definition) is 0. The summed E-state index contributed by atoms with van der Waals surface area (Å²) in [6.45, 7) is 6.80. The lowest BCUT2D eigenvalue weighted by Crippen LogP contribution is -2.11. The van der Waals surface area contributed by atoms with Crippen molar-refractivity contribution in [1.82, 2.24) is 0 Å². The van der Waals surface area contributed by atoms with Crippen molar-refractivity contribution in [3.63, 3.8) is 0 Å². The average Bonchev–Trinajstić information content (AvgIpc) is 2.62. The van der Waals surface area contributed by atoms with E-state index in [4.69, 9.17) is 0 Å². The fraction of sp³-hybridized carbons (Fsp3) is 0.217. The molecular weight excluding hydrogens is 308 g/mol. The lowest BCUT2D eigenvalue weighted by molar-refractivity contribution is 0.589. The van der Waals surface area contributed by atoms with Gasteiger partial charge in [-0.3, -0.25) is 0 Å². The van der Waals surface area contributed by atoms with E-state index in [1.165, 1.54) is 20.2 Å². The highest BCUT2D eigenvalue weighted by Crippen LogP contribution is 2.65. The summed E-state index contributed by atoms with van der Waals surface area (Å²) in [4.78, 5) is 4.22. The molecule has 0 nitrogen and oxygen atoms in total. The van der Waals surface area contributed by atoms with Crippen molar-refractivity contribution in [2.24, 2.45) is 0 Å². The summed E-state index contributed by atoms with van der Waals surface area (Å²) < 4.78 is 0. The third-order valence-electron chi connectivity index (χ3n) is 4.62. The largest absolute Gasteiger partial charge is 0.163 e. The minimum atomic E-state index is -1.24. The molecule has 0 bridgehead atoms. The molecule has 3 rings (SSSR count). The molecule has 0 aliphatic rings. The zero-order valence-corrected chi connectivity index (χ0v) is 15.8. The van der Waals surface area contributed by atoms with E-state index in [1.807, 2.05) is 0 Å². The molecule has 124 valence electrons. The highest BCUT2D eigenvalue weighted by molar-refractivity contribution is 8.33. The summed E-state index contributed by atoms with van der Waals surface area (Å²) in [6, 6.07) is 31.1. The number of benzene rings is 3. The SMILES string of the molecule is CC(C)(C)c1ccc(S(C)(c2ccccc2)c2ccccc2)cc1. The second-order valence-electron chi connectivity index (χ2n) is 7.32. The summed E-state index contributed by atoms with van der Waals surface area (Å²) in [6.07, 6.45) is 2.41. The van der Waals surface area contributed by atoms with Crippen LogP contribution in [0, 0.1) is 0 Å². The monoisotopic (exact) mass is 334 g/mol. The zero-order valence-electron chi connectivity index (χ0n) is 15.0. The first-order chi connectivity index (χ1) is 11.4.